The third-order valence-corrected chi connectivity index (χ3v) is 4.69. The lowest BCUT2D eigenvalue weighted by atomic mass is 9.99. The number of amides is 1. The number of carbonyl (C=O) groups is 1. The molecule has 134 valence electrons. The third-order valence-electron chi connectivity index (χ3n) is 4.69. The minimum absolute atomic E-state index is 0.0853. The average Bonchev–Trinajstić information content (AvgIpc) is 2.89. The molecule has 3 rings (SSSR count). The summed E-state index contributed by atoms with van der Waals surface area (Å²) < 4.78 is 12.7. The molecule has 2 aromatic rings. The van der Waals surface area contributed by atoms with Gasteiger partial charge in [0.05, 0.1) is 25.0 Å². The summed E-state index contributed by atoms with van der Waals surface area (Å²) in [5.41, 5.74) is 4.64. The SMILES string of the molecule is COc1ccc(CNC(=O)c2c3c(nn2C)[C@H](C)O[C@H](C)C3)c(C)c1. The molecule has 1 aliphatic rings. The fraction of sp³-hybridized carbons (Fsp3) is 0.474. The average molecular weight is 343 g/mol. The van der Waals surface area contributed by atoms with Crippen molar-refractivity contribution in [2.45, 2.75) is 45.9 Å². The maximum Gasteiger partial charge on any atom is 0.270 e. The van der Waals surface area contributed by atoms with Gasteiger partial charge in [0.15, 0.2) is 0 Å². The Labute approximate surface area is 148 Å². The van der Waals surface area contributed by atoms with E-state index in [9.17, 15) is 4.79 Å². The van der Waals surface area contributed by atoms with Crippen molar-refractivity contribution >= 4 is 5.91 Å². The van der Waals surface area contributed by atoms with Gasteiger partial charge in [0.2, 0.25) is 0 Å². The van der Waals surface area contributed by atoms with Crippen LogP contribution in [0, 0.1) is 6.92 Å². The number of nitrogens with one attached hydrogen (secondary N) is 1. The zero-order valence-corrected chi connectivity index (χ0v) is 15.4. The second-order valence-electron chi connectivity index (χ2n) is 6.60. The zero-order valence-electron chi connectivity index (χ0n) is 15.4. The summed E-state index contributed by atoms with van der Waals surface area (Å²) in [5.74, 6) is 0.712. The number of benzene rings is 1. The highest BCUT2D eigenvalue weighted by Crippen LogP contribution is 2.31. The number of methoxy groups -OCH3 is 1. The molecular formula is C19H25N3O3. The summed E-state index contributed by atoms with van der Waals surface area (Å²) >= 11 is 0. The summed E-state index contributed by atoms with van der Waals surface area (Å²) in [6, 6.07) is 5.85. The predicted molar refractivity (Wildman–Crippen MR) is 94.8 cm³/mol. The highest BCUT2D eigenvalue weighted by molar-refractivity contribution is 5.94. The van der Waals surface area contributed by atoms with Crippen LogP contribution in [0.2, 0.25) is 0 Å². The van der Waals surface area contributed by atoms with Gasteiger partial charge in [-0.1, -0.05) is 6.07 Å². The largest absolute Gasteiger partial charge is 0.497 e. The van der Waals surface area contributed by atoms with Crippen LogP contribution in [0.15, 0.2) is 18.2 Å². The summed E-state index contributed by atoms with van der Waals surface area (Å²) in [6.45, 7) is 6.48. The lowest BCUT2D eigenvalue weighted by Gasteiger charge is -2.24. The molecule has 0 spiro atoms. The molecule has 0 aliphatic carbocycles. The predicted octanol–water partition coefficient (Wildman–Crippen LogP) is 2.69. The van der Waals surface area contributed by atoms with E-state index >= 15 is 0 Å². The number of carbonyl (C=O) groups excluding carboxylic acids is 1. The molecule has 1 aromatic heterocycles. The Kier molecular flexibility index (Phi) is 4.81. The quantitative estimate of drug-likeness (QED) is 0.927. The number of aryl methyl sites for hydroxylation is 2. The lowest BCUT2D eigenvalue weighted by Crippen LogP contribution is -2.28. The number of fused-ring (bicyclic) bond motifs is 1. The van der Waals surface area contributed by atoms with Crippen LogP contribution < -0.4 is 10.1 Å². The van der Waals surface area contributed by atoms with Gasteiger partial charge in [0.1, 0.15) is 11.4 Å². The van der Waals surface area contributed by atoms with E-state index in [-0.39, 0.29) is 18.1 Å². The normalized spacial score (nSPS) is 19.4. The van der Waals surface area contributed by atoms with Crippen molar-refractivity contribution in [1.29, 1.82) is 0 Å². The Morgan fingerprint density at radius 1 is 1.44 bits per heavy atom. The standard InChI is InChI=1S/C19H25N3O3/c1-11-8-15(24-5)7-6-14(11)10-20-19(23)18-16-9-12(2)25-13(3)17(16)21-22(18)4/h6-8,12-13H,9-10H2,1-5H3,(H,20,23)/t12-,13+/m1/s1. The van der Waals surface area contributed by atoms with Gasteiger partial charge in [0.25, 0.3) is 5.91 Å². The number of hydrogen-bond donors (Lipinski definition) is 1. The van der Waals surface area contributed by atoms with Crippen molar-refractivity contribution in [2.24, 2.45) is 7.05 Å². The molecule has 1 amide bonds. The first-order valence-corrected chi connectivity index (χ1v) is 8.53. The molecular weight excluding hydrogens is 318 g/mol. The number of nitrogens with zero attached hydrogens (tertiary/aromatic N) is 2. The monoisotopic (exact) mass is 343 g/mol. The first-order chi connectivity index (χ1) is 11.9. The van der Waals surface area contributed by atoms with Crippen LogP contribution in [-0.2, 0) is 24.8 Å². The first-order valence-electron chi connectivity index (χ1n) is 8.53. The molecule has 2 atom stereocenters. The van der Waals surface area contributed by atoms with E-state index < -0.39 is 0 Å². The van der Waals surface area contributed by atoms with Crippen LogP contribution in [0.25, 0.3) is 0 Å². The highest BCUT2D eigenvalue weighted by atomic mass is 16.5. The van der Waals surface area contributed by atoms with Crippen LogP contribution in [0.3, 0.4) is 0 Å². The minimum Gasteiger partial charge on any atom is -0.497 e. The van der Waals surface area contributed by atoms with Crippen molar-refractivity contribution < 1.29 is 14.3 Å². The zero-order chi connectivity index (χ0) is 18.1. The van der Waals surface area contributed by atoms with Crippen molar-refractivity contribution in [3.05, 3.63) is 46.3 Å². The molecule has 0 saturated heterocycles. The first kappa shape index (κ1) is 17.5. The van der Waals surface area contributed by atoms with Gasteiger partial charge < -0.3 is 14.8 Å². The molecule has 6 nitrogen and oxygen atoms in total. The Bertz CT molecular complexity index is 797. The van der Waals surface area contributed by atoms with Gasteiger partial charge in [-0.25, -0.2) is 0 Å². The maximum atomic E-state index is 12.8. The lowest BCUT2D eigenvalue weighted by molar-refractivity contribution is -0.00710. The summed E-state index contributed by atoms with van der Waals surface area (Å²) in [4.78, 5) is 12.8. The molecule has 6 heteroatoms. The summed E-state index contributed by atoms with van der Waals surface area (Å²) in [7, 11) is 3.46. The molecule has 0 fully saturated rings. The van der Waals surface area contributed by atoms with Crippen LogP contribution in [0.5, 0.6) is 5.75 Å². The van der Waals surface area contributed by atoms with Crippen molar-refractivity contribution in [3.63, 3.8) is 0 Å². The number of hydrogen-bond acceptors (Lipinski definition) is 4. The fourth-order valence-electron chi connectivity index (χ4n) is 3.40. The highest BCUT2D eigenvalue weighted by Gasteiger charge is 2.31. The fourth-order valence-corrected chi connectivity index (χ4v) is 3.40. The molecule has 0 unspecified atom stereocenters. The Balaban J connectivity index is 1.78. The minimum atomic E-state index is -0.104. The number of ether oxygens (including phenoxy) is 2. The maximum absolute atomic E-state index is 12.8. The Morgan fingerprint density at radius 3 is 2.88 bits per heavy atom. The molecule has 1 aromatic carbocycles. The van der Waals surface area contributed by atoms with E-state index in [4.69, 9.17) is 9.47 Å². The van der Waals surface area contributed by atoms with Crippen LogP contribution in [-0.4, -0.2) is 28.9 Å². The number of aromatic nitrogens is 2. The molecule has 0 bridgehead atoms. The second kappa shape index (κ2) is 6.88. The second-order valence-corrected chi connectivity index (χ2v) is 6.60. The van der Waals surface area contributed by atoms with E-state index in [0.717, 1.165) is 28.1 Å². The molecule has 0 saturated carbocycles. The van der Waals surface area contributed by atoms with E-state index in [1.54, 1.807) is 11.8 Å². The van der Waals surface area contributed by atoms with Gasteiger partial charge in [-0.05, 0) is 44.0 Å². The molecule has 1 N–H and O–H groups in total. The van der Waals surface area contributed by atoms with Crippen molar-refractivity contribution in [1.82, 2.24) is 15.1 Å². The third kappa shape index (κ3) is 3.39. The Morgan fingerprint density at radius 2 is 2.20 bits per heavy atom. The topological polar surface area (TPSA) is 65.4 Å². The van der Waals surface area contributed by atoms with Crippen LogP contribution >= 0.6 is 0 Å². The summed E-state index contributed by atoms with van der Waals surface area (Å²) in [5, 5.41) is 7.52. The van der Waals surface area contributed by atoms with Crippen molar-refractivity contribution in [3.8, 4) is 5.75 Å². The van der Waals surface area contributed by atoms with Gasteiger partial charge in [-0.15, -0.1) is 0 Å². The van der Waals surface area contributed by atoms with E-state index in [2.05, 4.69) is 10.4 Å². The van der Waals surface area contributed by atoms with Gasteiger partial charge >= 0.3 is 0 Å². The Hall–Kier alpha value is -2.34. The molecule has 0 radical (unpaired) electrons. The van der Waals surface area contributed by atoms with Gasteiger partial charge in [-0.3, -0.25) is 9.48 Å². The molecule has 25 heavy (non-hydrogen) atoms. The summed E-state index contributed by atoms with van der Waals surface area (Å²) in [6.07, 6.45) is 0.704. The molecule has 2 heterocycles. The van der Waals surface area contributed by atoms with E-state index in [1.165, 1.54) is 0 Å². The van der Waals surface area contributed by atoms with E-state index in [0.29, 0.717) is 18.7 Å². The smallest absolute Gasteiger partial charge is 0.270 e. The van der Waals surface area contributed by atoms with Gasteiger partial charge in [-0.2, -0.15) is 5.10 Å². The van der Waals surface area contributed by atoms with Crippen LogP contribution in [0.1, 0.15) is 52.8 Å². The van der Waals surface area contributed by atoms with Crippen LogP contribution in [0.4, 0.5) is 0 Å². The molecule has 1 aliphatic heterocycles. The number of rotatable bonds is 4. The van der Waals surface area contributed by atoms with E-state index in [1.807, 2.05) is 46.0 Å². The van der Waals surface area contributed by atoms with Crippen molar-refractivity contribution in [2.75, 3.05) is 7.11 Å². The van der Waals surface area contributed by atoms with Gasteiger partial charge in [0, 0.05) is 25.6 Å².